The molecular weight excluding hydrogens is 246 g/mol. The lowest BCUT2D eigenvalue weighted by molar-refractivity contribution is -0.0294. The molecule has 120 valence electrons. The molecule has 0 amide bonds. The summed E-state index contributed by atoms with van der Waals surface area (Å²) >= 11 is 0. The summed E-state index contributed by atoms with van der Waals surface area (Å²) in [4.78, 5) is 2.64. The molecule has 0 radical (unpaired) electrons. The van der Waals surface area contributed by atoms with Crippen LogP contribution in [0.1, 0.15) is 73.6 Å². The van der Waals surface area contributed by atoms with Crippen LogP contribution in [-0.4, -0.2) is 34.7 Å². The van der Waals surface area contributed by atoms with E-state index in [1.54, 1.807) is 0 Å². The first-order valence-corrected chi connectivity index (χ1v) is 8.84. The van der Waals surface area contributed by atoms with E-state index in [0.29, 0.717) is 18.0 Å². The Morgan fingerprint density at radius 1 is 1.05 bits per heavy atom. The molecule has 1 aliphatic rings. The van der Waals surface area contributed by atoms with Gasteiger partial charge in [-0.15, -0.1) is 0 Å². The van der Waals surface area contributed by atoms with Gasteiger partial charge in [-0.25, -0.2) is 0 Å². The van der Waals surface area contributed by atoms with Gasteiger partial charge in [0.25, 0.3) is 0 Å². The van der Waals surface area contributed by atoms with Crippen LogP contribution in [0, 0.1) is 17.8 Å². The first-order chi connectivity index (χ1) is 9.40. The highest BCUT2D eigenvalue weighted by molar-refractivity contribution is 4.90. The van der Waals surface area contributed by atoms with Gasteiger partial charge < -0.3 is 5.11 Å². The minimum atomic E-state index is -0.121. The van der Waals surface area contributed by atoms with Crippen molar-refractivity contribution in [2.24, 2.45) is 17.8 Å². The van der Waals surface area contributed by atoms with Crippen molar-refractivity contribution in [3.05, 3.63) is 0 Å². The van der Waals surface area contributed by atoms with Crippen LogP contribution in [0.15, 0.2) is 0 Å². The number of aliphatic hydroxyl groups excluding tert-OH is 1. The van der Waals surface area contributed by atoms with Gasteiger partial charge in [0.05, 0.1) is 6.10 Å². The summed E-state index contributed by atoms with van der Waals surface area (Å²) < 4.78 is 0. The molecule has 2 heteroatoms. The zero-order chi connectivity index (χ0) is 15.3. The van der Waals surface area contributed by atoms with E-state index >= 15 is 0 Å². The first kappa shape index (κ1) is 18.0. The van der Waals surface area contributed by atoms with E-state index in [4.69, 9.17) is 0 Å². The quantitative estimate of drug-likeness (QED) is 0.752. The van der Waals surface area contributed by atoms with Gasteiger partial charge in [-0.1, -0.05) is 41.5 Å². The summed E-state index contributed by atoms with van der Waals surface area (Å²) in [5, 5.41) is 10.6. The standard InChI is InChI=1S/C18H37NO/c1-7-16(8-2)19(12-13(3)4)17-11-15(14(5)6)9-10-18(17)20/h13-18,20H,7-12H2,1-6H3. The van der Waals surface area contributed by atoms with Crippen molar-refractivity contribution in [3.63, 3.8) is 0 Å². The summed E-state index contributed by atoms with van der Waals surface area (Å²) in [5.74, 6) is 2.20. The van der Waals surface area contributed by atoms with E-state index in [2.05, 4.69) is 46.4 Å². The van der Waals surface area contributed by atoms with Crippen LogP contribution in [0.3, 0.4) is 0 Å². The van der Waals surface area contributed by atoms with E-state index in [0.717, 1.165) is 24.8 Å². The highest BCUT2D eigenvalue weighted by Gasteiger charge is 2.36. The van der Waals surface area contributed by atoms with Gasteiger partial charge in [0, 0.05) is 18.6 Å². The second kappa shape index (κ2) is 8.38. The lowest BCUT2D eigenvalue weighted by atomic mass is 9.76. The van der Waals surface area contributed by atoms with E-state index in [9.17, 15) is 5.11 Å². The van der Waals surface area contributed by atoms with Crippen LogP contribution in [0.2, 0.25) is 0 Å². The number of nitrogens with zero attached hydrogens (tertiary/aromatic N) is 1. The smallest absolute Gasteiger partial charge is 0.0695 e. The molecule has 1 aliphatic carbocycles. The molecule has 3 atom stereocenters. The van der Waals surface area contributed by atoms with Crippen LogP contribution in [0.5, 0.6) is 0 Å². The van der Waals surface area contributed by atoms with Gasteiger partial charge in [-0.05, 0) is 49.9 Å². The second-order valence-corrected chi connectivity index (χ2v) is 7.51. The molecule has 0 heterocycles. The maximum Gasteiger partial charge on any atom is 0.0695 e. The lowest BCUT2D eigenvalue weighted by Crippen LogP contribution is -2.53. The van der Waals surface area contributed by atoms with Crippen LogP contribution in [-0.2, 0) is 0 Å². The largest absolute Gasteiger partial charge is 0.391 e. The van der Waals surface area contributed by atoms with Gasteiger partial charge in [0.15, 0.2) is 0 Å². The summed E-state index contributed by atoms with van der Waals surface area (Å²) in [7, 11) is 0. The Bertz CT molecular complexity index is 260. The minimum absolute atomic E-state index is 0.121. The predicted molar refractivity (Wildman–Crippen MR) is 87.9 cm³/mol. The predicted octanol–water partition coefficient (Wildman–Crippen LogP) is 4.32. The molecule has 1 rings (SSSR count). The normalized spacial score (nSPS) is 28.1. The van der Waals surface area contributed by atoms with Crippen molar-refractivity contribution < 1.29 is 5.11 Å². The Morgan fingerprint density at radius 3 is 2.10 bits per heavy atom. The van der Waals surface area contributed by atoms with Gasteiger partial charge in [-0.2, -0.15) is 0 Å². The molecule has 0 saturated heterocycles. The van der Waals surface area contributed by atoms with E-state index in [1.807, 2.05) is 0 Å². The van der Waals surface area contributed by atoms with Crippen molar-refractivity contribution >= 4 is 0 Å². The van der Waals surface area contributed by atoms with Gasteiger partial charge in [-0.3, -0.25) is 4.90 Å². The highest BCUT2D eigenvalue weighted by Crippen LogP contribution is 2.34. The third-order valence-corrected chi connectivity index (χ3v) is 5.18. The van der Waals surface area contributed by atoms with E-state index in [-0.39, 0.29) is 6.10 Å². The molecule has 3 unspecified atom stereocenters. The monoisotopic (exact) mass is 283 g/mol. The second-order valence-electron chi connectivity index (χ2n) is 7.51. The van der Waals surface area contributed by atoms with Crippen LogP contribution in [0.4, 0.5) is 0 Å². The fourth-order valence-electron chi connectivity index (χ4n) is 3.86. The number of aliphatic hydroxyl groups is 1. The number of rotatable bonds is 7. The van der Waals surface area contributed by atoms with Crippen LogP contribution in [0.25, 0.3) is 0 Å². The number of hydrogen-bond acceptors (Lipinski definition) is 2. The minimum Gasteiger partial charge on any atom is -0.391 e. The van der Waals surface area contributed by atoms with Gasteiger partial charge >= 0.3 is 0 Å². The molecule has 0 aromatic carbocycles. The molecule has 0 aliphatic heterocycles. The zero-order valence-corrected chi connectivity index (χ0v) is 14.6. The fraction of sp³-hybridized carbons (Fsp3) is 1.00. The van der Waals surface area contributed by atoms with Crippen molar-refractivity contribution in [1.82, 2.24) is 4.90 Å². The molecule has 0 bridgehead atoms. The van der Waals surface area contributed by atoms with Crippen molar-refractivity contribution in [1.29, 1.82) is 0 Å². The van der Waals surface area contributed by atoms with Crippen molar-refractivity contribution in [3.8, 4) is 0 Å². The molecule has 0 aromatic heterocycles. The van der Waals surface area contributed by atoms with Gasteiger partial charge in [0.1, 0.15) is 0 Å². The molecule has 1 saturated carbocycles. The third kappa shape index (κ3) is 4.73. The summed E-state index contributed by atoms with van der Waals surface area (Å²) in [6.45, 7) is 15.0. The zero-order valence-electron chi connectivity index (χ0n) is 14.6. The molecule has 1 N–H and O–H groups in total. The molecule has 2 nitrogen and oxygen atoms in total. The third-order valence-electron chi connectivity index (χ3n) is 5.18. The van der Waals surface area contributed by atoms with Gasteiger partial charge in [0.2, 0.25) is 0 Å². The molecular formula is C18H37NO. The SMILES string of the molecule is CCC(CC)N(CC(C)C)C1CC(C(C)C)CCC1O. The molecule has 1 fully saturated rings. The van der Waals surface area contributed by atoms with Crippen LogP contribution < -0.4 is 0 Å². The molecule has 0 aromatic rings. The average molecular weight is 283 g/mol. The molecule has 20 heavy (non-hydrogen) atoms. The molecule has 0 spiro atoms. The number of hydrogen-bond donors (Lipinski definition) is 1. The van der Waals surface area contributed by atoms with Crippen molar-refractivity contribution in [2.75, 3.05) is 6.54 Å². The summed E-state index contributed by atoms with van der Waals surface area (Å²) in [6.07, 6.45) is 5.64. The summed E-state index contributed by atoms with van der Waals surface area (Å²) in [6, 6.07) is 1.01. The Balaban J connectivity index is 2.85. The Labute approximate surface area is 126 Å². The Morgan fingerprint density at radius 2 is 1.65 bits per heavy atom. The maximum atomic E-state index is 10.6. The summed E-state index contributed by atoms with van der Waals surface area (Å²) in [5.41, 5.74) is 0. The lowest BCUT2D eigenvalue weighted by Gasteiger charge is -2.45. The van der Waals surface area contributed by atoms with Crippen molar-refractivity contribution in [2.45, 2.75) is 91.8 Å². The highest BCUT2D eigenvalue weighted by atomic mass is 16.3. The van der Waals surface area contributed by atoms with E-state index < -0.39 is 0 Å². The van der Waals surface area contributed by atoms with E-state index in [1.165, 1.54) is 25.7 Å². The Hall–Kier alpha value is -0.0800. The first-order valence-electron chi connectivity index (χ1n) is 8.84. The topological polar surface area (TPSA) is 23.5 Å². The Kier molecular flexibility index (Phi) is 7.53. The fourth-order valence-corrected chi connectivity index (χ4v) is 3.86. The average Bonchev–Trinajstić information content (AvgIpc) is 2.38. The maximum absolute atomic E-state index is 10.6. The van der Waals surface area contributed by atoms with Crippen LogP contribution >= 0.6 is 0 Å².